The lowest BCUT2D eigenvalue weighted by Crippen LogP contribution is -2.46. The maximum atomic E-state index is 12.7. The van der Waals surface area contributed by atoms with Crippen LogP contribution in [0.3, 0.4) is 0 Å². The number of rotatable bonds is 5. The van der Waals surface area contributed by atoms with Crippen LogP contribution in [-0.2, 0) is 9.59 Å². The molecular formula is C19H22N4O3S. The lowest BCUT2D eigenvalue weighted by Gasteiger charge is -2.32. The molecule has 27 heavy (non-hydrogen) atoms. The Morgan fingerprint density at radius 3 is 2.59 bits per heavy atom. The van der Waals surface area contributed by atoms with Gasteiger partial charge in [-0.15, -0.1) is 10.2 Å². The van der Waals surface area contributed by atoms with Crippen LogP contribution in [0.1, 0.15) is 32.1 Å². The lowest BCUT2D eigenvalue weighted by atomic mass is 9.84. The van der Waals surface area contributed by atoms with Crippen LogP contribution in [0.5, 0.6) is 5.75 Å². The predicted molar refractivity (Wildman–Crippen MR) is 103 cm³/mol. The van der Waals surface area contributed by atoms with E-state index in [1.165, 1.54) is 11.3 Å². The van der Waals surface area contributed by atoms with Gasteiger partial charge in [0, 0.05) is 18.0 Å². The number of ether oxygens (including phenoxy) is 1. The van der Waals surface area contributed by atoms with Crippen molar-refractivity contribution in [3.63, 3.8) is 0 Å². The summed E-state index contributed by atoms with van der Waals surface area (Å²) in [6.07, 6.45) is 4.58. The normalized spacial score (nSPS) is 19.6. The van der Waals surface area contributed by atoms with E-state index < -0.39 is 6.04 Å². The van der Waals surface area contributed by atoms with Crippen molar-refractivity contribution < 1.29 is 14.3 Å². The van der Waals surface area contributed by atoms with Gasteiger partial charge in [-0.25, -0.2) is 0 Å². The highest BCUT2D eigenvalue weighted by atomic mass is 32.1. The third kappa shape index (κ3) is 3.66. The van der Waals surface area contributed by atoms with Crippen molar-refractivity contribution in [1.82, 2.24) is 15.1 Å². The molecule has 0 radical (unpaired) electrons. The number of amides is 2. The number of carbonyl (C=O) groups is 2. The molecule has 4 rings (SSSR count). The third-order valence-corrected chi connectivity index (χ3v) is 6.17. The Balaban J connectivity index is 1.42. The molecule has 1 saturated carbocycles. The van der Waals surface area contributed by atoms with Gasteiger partial charge in [0.15, 0.2) is 0 Å². The van der Waals surface area contributed by atoms with Crippen LogP contribution in [-0.4, -0.2) is 46.6 Å². The summed E-state index contributed by atoms with van der Waals surface area (Å²) in [4.78, 5) is 27.0. The Bertz CT molecular complexity index is 832. The Kier molecular flexibility index (Phi) is 5.07. The zero-order chi connectivity index (χ0) is 18.8. The average Bonchev–Trinajstić information content (AvgIpc) is 3.29. The van der Waals surface area contributed by atoms with E-state index in [2.05, 4.69) is 15.5 Å². The molecule has 1 aliphatic heterocycles. The summed E-state index contributed by atoms with van der Waals surface area (Å²) in [6.45, 7) is 0.667. The molecule has 1 unspecified atom stereocenters. The monoisotopic (exact) mass is 386 g/mol. The molecule has 8 heteroatoms. The molecule has 1 N–H and O–H groups in total. The van der Waals surface area contributed by atoms with Gasteiger partial charge in [0.1, 0.15) is 16.8 Å². The second-order valence-electron chi connectivity index (χ2n) is 6.95. The van der Waals surface area contributed by atoms with Crippen LogP contribution in [0.2, 0.25) is 0 Å². The van der Waals surface area contributed by atoms with E-state index in [1.54, 1.807) is 12.0 Å². The fourth-order valence-electron chi connectivity index (χ4n) is 3.51. The van der Waals surface area contributed by atoms with E-state index in [9.17, 15) is 9.59 Å². The Hall–Kier alpha value is -2.48. The molecule has 2 heterocycles. The SMILES string of the molecule is COc1ccc(-c2nnc(NC(=O)C3CCCN3C(=O)C3CCC3)s2)cc1. The molecule has 0 bridgehead atoms. The number of likely N-dealkylation sites (tertiary alicyclic amines) is 1. The van der Waals surface area contributed by atoms with E-state index >= 15 is 0 Å². The van der Waals surface area contributed by atoms with Crippen LogP contribution in [0.4, 0.5) is 5.13 Å². The summed E-state index contributed by atoms with van der Waals surface area (Å²) in [5.41, 5.74) is 0.913. The molecular weight excluding hydrogens is 364 g/mol. The Labute approximate surface area is 161 Å². The topological polar surface area (TPSA) is 84.4 Å². The molecule has 2 fully saturated rings. The highest BCUT2D eigenvalue weighted by Gasteiger charge is 2.38. The standard InChI is InChI=1S/C19H22N4O3S/c1-26-14-9-7-12(8-10-14)17-21-22-19(27-17)20-16(24)15-6-3-11-23(15)18(25)13-4-2-5-13/h7-10,13,15H,2-6,11H2,1H3,(H,20,22,24). The highest BCUT2D eigenvalue weighted by molar-refractivity contribution is 7.18. The molecule has 1 aromatic heterocycles. The van der Waals surface area contributed by atoms with Crippen LogP contribution in [0.25, 0.3) is 10.6 Å². The van der Waals surface area contributed by atoms with Gasteiger partial charge < -0.3 is 9.64 Å². The van der Waals surface area contributed by atoms with E-state index in [1.807, 2.05) is 24.3 Å². The summed E-state index contributed by atoms with van der Waals surface area (Å²) in [5, 5.41) is 12.3. The number of carbonyl (C=O) groups excluding carboxylic acids is 2. The number of nitrogens with one attached hydrogen (secondary N) is 1. The van der Waals surface area contributed by atoms with E-state index in [0.29, 0.717) is 18.1 Å². The molecule has 1 atom stereocenters. The van der Waals surface area contributed by atoms with E-state index in [-0.39, 0.29) is 17.7 Å². The summed E-state index contributed by atoms with van der Waals surface area (Å²) < 4.78 is 5.16. The average molecular weight is 386 g/mol. The van der Waals surface area contributed by atoms with Gasteiger partial charge in [0.25, 0.3) is 0 Å². The Morgan fingerprint density at radius 2 is 1.93 bits per heavy atom. The van der Waals surface area contributed by atoms with Crippen molar-refractivity contribution in [3.8, 4) is 16.3 Å². The van der Waals surface area contributed by atoms with Gasteiger partial charge in [-0.2, -0.15) is 0 Å². The first-order valence-corrected chi connectivity index (χ1v) is 10.1. The fraction of sp³-hybridized carbons (Fsp3) is 0.474. The number of hydrogen-bond acceptors (Lipinski definition) is 6. The second kappa shape index (κ2) is 7.64. The van der Waals surface area contributed by atoms with Crippen LogP contribution in [0.15, 0.2) is 24.3 Å². The number of hydrogen-bond donors (Lipinski definition) is 1. The van der Waals surface area contributed by atoms with Gasteiger partial charge in [-0.05, 0) is 49.9 Å². The summed E-state index contributed by atoms with van der Waals surface area (Å²) in [7, 11) is 1.62. The summed E-state index contributed by atoms with van der Waals surface area (Å²) in [5.74, 6) is 0.851. The lowest BCUT2D eigenvalue weighted by molar-refractivity contribution is -0.142. The van der Waals surface area contributed by atoms with Crippen molar-refractivity contribution in [2.24, 2.45) is 5.92 Å². The maximum absolute atomic E-state index is 12.7. The zero-order valence-corrected chi connectivity index (χ0v) is 16.0. The minimum absolute atomic E-state index is 0.113. The van der Waals surface area contributed by atoms with Crippen LogP contribution in [0, 0.1) is 5.92 Å². The molecule has 7 nitrogen and oxygen atoms in total. The van der Waals surface area contributed by atoms with Crippen molar-refractivity contribution in [2.45, 2.75) is 38.1 Å². The number of nitrogens with zero attached hydrogens (tertiary/aromatic N) is 3. The van der Waals surface area contributed by atoms with E-state index in [4.69, 9.17) is 4.74 Å². The molecule has 2 aliphatic rings. The summed E-state index contributed by atoms with van der Waals surface area (Å²) >= 11 is 1.32. The van der Waals surface area contributed by atoms with Gasteiger partial charge in [-0.1, -0.05) is 17.8 Å². The third-order valence-electron chi connectivity index (χ3n) is 5.29. The number of methoxy groups -OCH3 is 1. The minimum atomic E-state index is -0.397. The minimum Gasteiger partial charge on any atom is -0.497 e. The molecule has 2 aromatic rings. The molecule has 1 saturated heterocycles. The van der Waals surface area contributed by atoms with Crippen LogP contribution < -0.4 is 10.1 Å². The van der Waals surface area contributed by atoms with Gasteiger partial charge in [0.05, 0.1) is 7.11 Å². The van der Waals surface area contributed by atoms with Crippen molar-refractivity contribution in [2.75, 3.05) is 19.0 Å². The molecule has 1 aromatic carbocycles. The number of anilines is 1. The quantitative estimate of drug-likeness (QED) is 0.854. The molecule has 142 valence electrons. The highest BCUT2D eigenvalue weighted by Crippen LogP contribution is 2.32. The first-order valence-electron chi connectivity index (χ1n) is 9.25. The van der Waals surface area contributed by atoms with E-state index in [0.717, 1.165) is 42.0 Å². The van der Waals surface area contributed by atoms with Gasteiger partial charge in [-0.3, -0.25) is 14.9 Å². The molecule has 1 aliphatic carbocycles. The van der Waals surface area contributed by atoms with Crippen molar-refractivity contribution in [1.29, 1.82) is 0 Å². The Morgan fingerprint density at radius 1 is 1.15 bits per heavy atom. The van der Waals surface area contributed by atoms with Gasteiger partial charge >= 0.3 is 0 Å². The molecule has 2 amide bonds. The smallest absolute Gasteiger partial charge is 0.249 e. The second-order valence-corrected chi connectivity index (χ2v) is 7.93. The predicted octanol–water partition coefficient (Wildman–Crippen LogP) is 2.94. The number of benzene rings is 1. The van der Waals surface area contributed by atoms with Crippen molar-refractivity contribution >= 4 is 28.3 Å². The van der Waals surface area contributed by atoms with Crippen LogP contribution >= 0.6 is 11.3 Å². The van der Waals surface area contributed by atoms with Gasteiger partial charge in [0.2, 0.25) is 16.9 Å². The largest absolute Gasteiger partial charge is 0.497 e. The summed E-state index contributed by atoms with van der Waals surface area (Å²) in [6, 6.07) is 7.13. The fourth-order valence-corrected chi connectivity index (χ4v) is 4.26. The maximum Gasteiger partial charge on any atom is 0.249 e. The first-order chi connectivity index (χ1) is 13.2. The number of aromatic nitrogens is 2. The van der Waals surface area contributed by atoms with Crippen molar-refractivity contribution in [3.05, 3.63) is 24.3 Å². The zero-order valence-electron chi connectivity index (χ0n) is 15.2. The molecule has 0 spiro atoms. The first kappa shape index (κ1) is 17.9.